The van der Waals surface area contributed by atoms with Gasteiger partial charge in [-0.3, -0.25) is 10.1 Å². The van der Waals surface area contributed by atoms with E-state index in [9.17, 15) is 19.8 Å². The van der Waals surface area contributed by atoms with Crippen molar-refractivity contribution < 1.29 is 24.5 Å². The Morgan fingerprint density at radius 1 is 1.12 bits per heavy atom. The molecule has 0 unspecified atom stereocenters. The lowest BCUT2D eigenvalue weighted by Gasteiger charge is -2.17. The first-order valence-electron chi connectivity index (χ1n) is 7.41. The summed E-state index contributed by atoms with van der Waals surface area (Å²) in [7, 11) is 1.30. The number of phenols is 1. The molecule has 0 amide bonds. The highest BCUT2D eigenvalue weighted by atomic mass is 16.5. The second kappa shape index (κ2) is 8.12. The van der Waals surface area contributed by atoms with Gasteiger partial charge in [-0.25, -0.2) is 4.79 Å². The predicted molar refractivity (Wildman–Crippen MR) is 87.9 cm³/mol. The lowest BCUT2D eigenvalue weighted by atomic mass is 10.0. The molecule has 126 valence electrons. The van der Waals surface area contributed by atoms with Gasteiger partial charge in [0.05, 0.1) is 12.7 Å². The molecule has 24 heavy (non-hydrogen) atoms. The topological polar surface area (TPSA) is 95.9 Å². The van der Waals surface area contributed by atoms with Crippen molar-refractivity contribution in [1.82, 2.24) is 5.32 Å². The zero-order valence-corrected chi connectivity index (χ0v) is 13.2. The van der Waals surface area contributed by atoms with Crippen molar-refractivity contribution >= 4 is 11.9 Å². The number of rotatable bonds is 7. The highest BCUT2D eigenvalue weighted by Crippen LogP contribution is 2.13. The highest BCUT2D eigenvalue weighted by Gasteiger charge is 2.20. The van der Waals surface area contributed by atoms with Crippen LogP contribution in [0.1, 0.15) is 21.5 Å². The van der Waals surface area contributed by atoms with Gasteiger partial charge in [0.2, 0.25) is 0 Å². The third-order valence-corrected chi connectivity index (χ3v) is 3.65. The van der Waals surface area contributed by atoms with E-state index in [1.54, 1.807) is 42.5 Å². The second-order valence-corrected chi connectivity index (χ2v) is 5.29. The molecule has 0 aliphatic heterocycles. The number of nitrogens with one attached hydrogen (secondary N) is 1. The Labute approximate surface area is 139 Å². The summed E-state index contributed by atoms with van der Waals surface area (Å²) in [5.41, 5.74) is 1.63. The number of carboxylic acids is 1. The summed E-state index contributed by atoms with van der Waals surface area (Å²) in [6, 6.07) is 12.5. The summed E-state index contributed by atoms with van der Waals surface area (Å²) in [5, 5.41) is 21.6. The molecule has 0 fully saturated rings. The Balaban J connectivity index is 2.11. The van der Waals surface area contributed by atoms with Crippen LogP contribution in [0.15, 0.2) is 48.5 Å². The van der Waals surface area contributed by atoms with Crippen molar-refractivity contribution in [3.8, 4) is 5.75 Å². The number of benzene rings is 2. The molecule has 1 atom stereocenters. The van der Waals surface area contributed by atoms with Gasteiger partial charge in [0.1, 0.15) is 11.8 Å². The first-order valence-corrected chi connectivity index (χ1v) is 7.41. The number of hydrogen-bond donors (Lipinski definition) is 3. The molecule has 6 heteroatoms. The minimum absolute atomic E-state index is 0.150. The zero-order valence-electron chi connectivity index (χ0n) is 13.2. The lowest BCUT2D eigenvalue weighted by molar-refractivity contribution is -0.143. The van der Waals surface area contributed by atoms with Gasteiger partial charge in [0.15, 0.2) is 0 Å². The molecule has 0 radical (unpaired) electrons. The van der Waals surface area contributed by atoms with Crippen LogP contribution >= 0.6 is 0 Å². The molecular weight excluding hydrogens is 310 g/mol. The van der Waals surface area contributed by atoms with Crippen LogP contribution < -0.4 is 5.32 Å². The van der Waals surface area contributed by atoms with Gasteiger partial charge in [0.25, 0.3) is 0 Å². The Morgan fingerprint density at radius 2 is 1.79 bits per heavy atom. The number of aromatic hydroxyl groups is 1. The molecule has 0 spiro atoms. The van der Waals surface area contributed by atoms with Crippen LogP contribution in [0.3, 0.4) is 0 Å². The van der Waals surface area contributed by atoms with Crippen molar-refractivity contribution in [2.75, 3.05) is 7.11 Å². The van der Waals surface area contributed by atoms with E-state index in [4.69, 9.17) is 4.74 Å². The van der Waals surface area contributed by atoms with Gasteiger partial charge < -0.3 is 14.9 Å². The van der Waals surface area contributed by atoms with Crippen LogP contribution in [0.2, 0.25) is 0 Å². The molecule has 0 heterocycles. The van der Waals surface area contributed by atoms with Gasteiger partial charge in [-0.15, -0.1) is 0 Å². The molecule has 0 aliphatic rings. The van der Waals surface area contributed by atoms with Crippen LogP contribution in [-0.4, -0.2) is 35.3 Å². The quantitative estimate of drug-likeness (QED) is 0.672. The van der Waals surface area contributed by atoms with Crippen LogP contribution in [0, 0.1) is 0 Å². The summed E-state index contributed by atoms with van der Waals surface area (Å²) in [6.07, 6.45) is 0.363. The smallest absolute Gasteiger partial charge is 0.336 e. The van der Waals surface area contributed by atoms with E-state index in [0.29, 0.717) is 12.0 Å². The first kappa shape index (κ1) is 17.5. The fourth-order valence-corrected chi connectivity index (χ4v) is 2.37. The number of hydrogen-bond acceptors (Lipinski definition) is 5. The van der Waals surface area contributed by atoms with Crippen molar-refractivity contribution in [3.63, 3.8) is 0 Å². The van der Waals surface area contributed by atoms with E-state index >= 15 is 0 Å². The second-order valence-electron chi connectivity index (χ2n) is 5.29. The largest absolute Gasteiger partial charge is 0.508 e. The number of methoxy groups -OCH3 is 1. The predicted octanol–water partition coefficient (Wildman–Crippen LogP) is 1.96. The number of phenolic OH excluding ortho intramolecular Hbond substituents is 1. The lowest BCUT2D eigenvalue weighted by Crippen LogP contribution is -2.39. The van der Waals surface area contributed by atoms with Gasteiger partial charge in [-0.2, -0.15) is 0 Å². The minimum Gasteiger partial charge on any atom is -0.508 e. The molecule has 0 saturated carbocycles. The van der Waals surface area contributed by atoms with Crippen molar-refractivity contribution in [2.24, 2.45) is 0 Å². The summed E-state index contributed by atoms with van der Waals surface area (Å²) in [6.45, 7) is 0.223. The molecule has 0 aromatic heterocycles. The van der Waals surface area contributed by atoms with Gasteiger partial charge in [-0.05, 0) is 35.7 Å². The Bertz CT molecular complexity index is 712. The van der Waals surface area contributed by atoms with E-state index < -0.39 is 18.0 Å². The summed E-state index contributed by atoms with van der Waals surface area (Å²) in [4.78, 5) is 23.2. The van der Waals surface area contributed by atoms with Crippen LogP contribution in [0.5, 0.6) is 5.75 Å². The molecule has 2 aromatic rings. The number of carboxylic acid groups (broad SMARTS) is 1. The summed E-state index contributed by atoms with van der Waals surface area (Å²) < 4.78 is 4.81. The third kappa shape index (κ3) is 4.57. The number of ether oxygens (including phenoxy) is 1. The maximum absolute atomic E-state index is 12.0. The minimum atomic E-state index is -1.01. The maximum atomic E-state index is 12.0. The standard InChI is InChI=1S/C18H19NO5/c1-24-18(23)16(10-12-6-8-14(20)9-7-12)19-11-13-4-2-3-5-15(13)17(21)22/h2-9,16,19-20H,10-11H2,1H3,(H,21,22)/t16-/m0/s1. The number of carbonyl (C=O) groups excluding carboxylic acids is 1. The van der Waals surface area contributed by atoms with E-state index in [1.807, 2.05) is 0 Å². The van der Waals surface area contributed by atoms with Gasteiger partial charge in [-0.1, -0.05) is 30.3 Å². The average molecular weight is 329 g/mol. The van der Waals surface area contributed by atoms with Crippen molar-refractivity contribution in [1.29, 1.82) is 0 Å². The van der Waals surface area contributed by atoms with Gasteiger partial charge in [0, 0.05) is 6.54 Å². The van der Waals surface area contributed by atoms with Gasteiger partial charge >= 0.3 is 11.9 Å². The molecular formula is C18H19NO5. The molecule has 3 N–H and O–H groups in total. The molecule has 2 rings (SSSR count). The van der Waals surface area contributed by atoms with E-state index in [2.05, 4.69) is 5.32 Å². The number of aromatic carboxylic acids is 1. The van der Waals surface area contributed by atoms with Crippen LogP contribution in [-0.2, 0) is 22.5 Å². The molecule has 6 nitrogen and oxygen atoms in total. The molecule has 0 bridgehead atoms. The normalized spacial score (nSPS) is 11.7. The van der Waals surface area contributed by atoms with E-state index in [-0.39, 0.29) is 17.9 Å². The van der Waals surface area contributed by atoms with Crippen LogP contribution in [0.25, 0.3) is 0 Å². The molecule has 2 aromatic carbocycles. The van der Waals surface area contributed by atoms with E-state index in [0.717, 1.165) is 5.56 Å². The van der Waals surface area contributed by atoms with Crippen molar-refractivity contribution in [2.45, 2.75) is 19.0 Å². The average Bonchev–Trinajstić information content (AvgIpc) is 2.59. The fourth-order valence-electron chi connectivity index (χ4n) is 2.37. The fraction of sp³-hybridized carbons (Fsp3) is 0.222. The SMILES string of the molecule is COC(=O)[C@H](Cc1ccc(O)cc1)NCc1ccccc1C(=O)O. The summed E-state index contributed by atoms with van der Waals surface area (Å²) >= 11 is 0. The molecule has 0 saturated heterocycles. The van der Waals surface area contributed by atoms with E-state index in [1.165, 1.54) is 13.2 Å². The first-order chi connectivity index (χ1) is 11.5. The maximum Gasteiger partial charge on any atom is 0.336 e. The molecule has 0 aliphatic carbocycles. The third-order valence-electron chi connectivity index (χ3n) is 3.65. The Kier molecular flexibility index (Phi) is 5.92. The van der Waals surface area contributed by atoms with Crippen LogP contribution in [0.4, 0.5) is 0 Å². The highest BCUT2D eigenvalue weighted by molar-refractivity contribution is 5.89. The Morgan fingerprint density at radius 3 is 2.42 bits per heavy atom. The summed E-state index contributed by atoms with van der Waals surface area (Å²) in [5.74, 6) is -1.30. The zero-order chi connectivity index (χ0) is 17.5. The number of esters is 1. The van der Waals surface area contributed by atoms with Crippen molar-refractivity contribution in [3.05, 3.63) is 65.2 Å². The monoisotopic (exact) mass is 329 g/mol. The number of carbonyl (C=O) groups is 2. The Hall–Kier alpha value is -2.86.